The molecular formula is C58H40N4O. The Morgan fingerprint density at radius 1 is 0.571 bits per heavy atom. The van der Waals surface area contributed by atoms with Gasteiger partial charge in [-0.3, -0.25) is 0 Å². The topological polar surface area (TPSA) is 47.1 Å². The molecule has 298 valence electrons. The highest BCUT2D eigenvalue weighted by atomic mass is 16.3. The van der Waals surface area contributed by atoms with E-state index in [1.165, 1.54) is 44.6 Å². The van der Waals surface area contributed by atoms with Crippen LogP contribution in [0.1, 0.15) is 24.8 Å². The highest BCUT2D eigenvalue weighted by Gasteiger charge is 2.39. The van der Waals surface area contributed by atoms with Crippen molar-refractivity contribution in [1.29, 1.82) is 0 Å². The molecule has 5 nitrogen and oxygen atoms in total. The normalized spacial score (nSPS) is 15.9. The van der Waals surface area contributed by atoms with Crippen LogP contribution in [-0.4, -0.2) is 14.5 Å². The maximum Gasteiger partial charge on any atom is 0.160 e. The van der Waals surface area contributed by atoms with Crippen LogP contribution in [0.15, 0.2) is 222 Å². The number of anilines is 1. The Morgan fingerprint density at radius 3 is 2.02 bits per heavy atom. The van der Waals surface area contributed by atoms with Crippen molar-refractivity contribution in [1.82, 2.24) is 14.5 Å². The minimum atomic E-state index is 0.300. The number of nitrogens with zero attached hydrogens (tertiary/aromatic N) is 4. The standard InChI is InChI=1S/C58H40N4O/c1-4-17-37(18-5-1)49-36-50(38-19-6-2-7-20-38)60-58(59-49)40-21-16-24-42(33-40)62-52-29-14-11-27-45(52)55-46(35-48-44-26-12-15-30-54(44)63-57(48)56(55)62)39-31-32-53-47(34-39)43-25-10-13-28-51(43)61(53)41-22-8-3-9-23-41/h1-9,11-24,26-33,35-36,47H,10,25,34H2. The molecule has 0 fully saturated rings. The Labute approximate surface area is 364 Å². The van der Waals surface area contributed by atoms with Gasteiger partial charge in [-0.25, -0.2) is 9.97 Å². The zero-order valence-electron chi connectivity index (χ0n) is 34.4. The molecule has 3 aromatic heterocycles. The highest BCUT2D eigenvalue weighted by Crippen LogP contribution is 2.52. The van der Waals surface area contributed by atoms with Gasteiger partial charge in [0.15, 0.2) is 11.4 Å². The van der Waals surface area contributed by atoms with E-state index < -0.39 is 0 Å². The largest absolute Gasteiger partial charge is 0.454 e. The number of hydrogen-bond acceptors (Lipinski definition) is 4. The summed E-state index contributed by atoms with van der Waals surface area (Å²) < 4.78 is 9.36. The van der Waals surface area contributed by atoms with Crippen molar-refractivity contribution in [2.24, 2.45) is 5.92 Å². The van der Waals surface area contributed by atoms with E-state index in [-0.39, 0.29) is 0 Å². The molecule has 3 aliphatic rings. The molecule has 1 aliphatic heterocycles. The van der Waals surface area contributed by atoms with Crippen LogP contribution < -0.4 is 4.90 Å². The second-order valence-electron chi connectivity index (χ2n) is 16.8. The van der Waals surface area contributed by atoms with E-state index in [2.05, 4.69) is 198 Å². The van der Waals surface area contributed by atoms with Crippen LogP contribution in [0.5, 0.6) is 0 Å². The molecule has 1 unspecified atom stereocenters. The van der Waals surface area contributed by atoms with Crippen LogP contribution >= 0.6 is 0 Å². The van der Waals surface area contributed by atoms with Gasteiger partial charge in [-0.2, -0.15) is 0 Å². The van der Waals surface area contributed by atoms with Crippen molar-refractivity contribution in [3.05, 3.63) is 223 Å². The number of rotatable bonds is 6. The smallest absolute Gasteiger partial charge is 0.160 e. The summed E-state index contributed by atoms with van der Waals surface area (Å²) in [4.78, 5) is 12.9. The molecule has 13 rings (SSSR count). The molecule has 5 heteroatoms. The Bertz CT molecular complexity index is 3530. The third kappa shape index (κ3) is 5.70. The maximum atomic E-state index is 6.95. The van der Waals surface area contributed by atoms with E-state index >= 15 is 0 Å². The molecule has 0 saturated carbocycles. The Balaban J connectivity index is 1.04. The summed E-state index contributed by atoms with van der Waals surface area (Å²) >= 11 is 0. The average Bonchev–Trinajstić information content (AvgIpc) is 4.02. The molecule has 0 spiro atoms. The summed E-state index contributed by atoms with van der Waals surface area (Å²) in [6.45, 7) is 0. The molecule has 10 aromatic rings. The quantitative estimate of drug-likeness (QED) is 0.168. The molecular weight excluding hydrogens is 769 g/mol. The van der Waals surface area contributed by atoms with E-state index in [0.717, 1.165) is 86.0 Å². The summed E-state index contributed by atoms with van der Waals surface area (Å²) in [5.41, 5.74) is 17.8. The molecule has 7 aromatic carbocycles. The summed E-state index contributed by atoms with van der Waals surface area (Å²) in [7, 11) is 0. The fourth-order valence-electron chi connectivity index (χ4n) is 10.4. The molecule has 4 heterocycles. The number of furan rings is 1. The number of aromatic nitrogens is 3. The summed E-state index contributed by atoms with van der Waals surface area (Å²) in [5, 5.41) is 4.63. The fourth-order valence-corrected chi connectivity index (χ4v) is 10.4. The SMILES string of the molecule is C1=CC2=C(CC1)C1CC(c3cc4c5ccccc5oc4c4c3c3ccccc3n4-c3cccc(-c4nc(-c5ccccc5)cc(-c5ccccc5)n4)c3)=CC=C1N2c1ccccc1. The lowest BCUT2D eigenvalue weighted by molar-refractivity contribution is 0.671. The van der Waals surface area contributed by atoms with Gasteiger partial charge in [0.05, 0.1) is 22.4 Å². The van der Waals surface area contributed by atoms with Crippen molar-refractivity contribution < 1.29 is 4.42 Å². The minimum Gasteiger partial charge on any atom is -0.454 e. The summed E-state index contributed by atoms with van der Waals surface area (Å²) in [5.74, 6) is 0.976. The molecule has 0 amide bonds. The molecule has 0 N–H and O–H groups in total. The van der Waals surface area contributed by atoms with E-state index in [1.807, 2.05) is 12.1 Å². The fraction of sp³-hybridized carbons (Fsp3) is 0.0690. The van der Waals surface area contributed by atoms with Gasteiger partial charge in [0.25, 0.3) is 0 Å². The second kappa shape index (κ2) is 14.3. The van der Waals surface area contributed by atoms with Crippen molar-refractivity contribution >= 4 is 55.0 Å². The number of fused-ring (bicyclic) bond motifs is 9. The van der Waals surface area contributed by atoms with Crippen LogP contribution in [-0.2, 0) is 0 Å². The van der Waals surface area contributed by atoms with Crippen LogP contribution in [0, 0.1) is 5.92 Å². The highest BCUT2D eigenvalue weighted by molar-refractivity contribution is 6.25. The van der Waals surface area contributed by atoms with Gasteiger partial charge in [0.2, 0.25) is 0 Å². The lowest BCUT2D eigenvalue weighted by Crippen LogP contribution is -2.20. The lowest BCUT2D eigenvalue weighted by atomic mass is 9.81. The zero-order chi connectivity index (χ0) is 41.4. The molecule has 63 heavy (non-hydrogen) atoms. The molecule has 0 saturated heterocycles. The van der Waals surface area contributed by atoms with Crippen LogP contribution in [0.2, 0.25) is 0 Å². The second-order valence-corrected chi connectivity index (χ2v) is 16.8. The average molecular weight is 809 g/mol. The van der Waals surface area contributed by atoms with Gasteiger partial charge in [-0.15, -0.1) is 0 Å². The Morgan fingerprint density at radius 2 is 1.24 bits per heavy atom. The Kier molecular flexibility index (Phi) is 8.10. The van der Waals surface area contributed by atoms with Gasteiger partial charge in [0.1, 0.15) is 5.58 Å². The lowest BCUT2D eigenvalue weighted by Gasteiger charge is -2.28. The van der Waals surface area contributed by atoms with Crippen LogP contribution in [0.3, 0.4) is 0 Å². The number of allylic oxidation sites excluding steroid dienone is 6. The zero-order valence-corrected chi connectivity index (χ0v) is 34.4. The number of benzene rings is 7. The number of para-hydroxylation sites is 3. The van der Waals surface area contributed by atoms with Gasteiger partial charge < -0.3 is 13.9 Å². The third-order valence-electron chi connectivity index (χ3n) is 13.2. The molecule has 2 aliphatic carbocycles. The van der Waals surface area contributed by atoms with E-state index in [9.17, 15) is 0 Å². The number of hydrogen-bond donors (Lipinski definition) is 0. The van der Waals surface area contributed by atoms with E-state index in [0.29, 0.717) is 11.7 Å². The predicted octanol–water partition coefficient (Wildman–Crippen LogP) is 14.9. The van der Waals surface area contributed by atoms with E-state index in [4.69, 9.17) is 14.4 Å². The monoisotopic (exact) mass is 808 g/mol. The molecule has 1 atom stereocenters. The first kappa shape index (κ1) is 35.7. The summed E-state index contributed by atoms with van der Waals surface area (Å²) in [6, 6.07) is 62.1. The van der Waals surface area contributed by atoms with Gasteiger partial charge in [-0.1, -0.05) is 140 Å². The van der Waals surface area contributed by atoms with Crippen molar-refractivity contribution in [2.75, 3.05) is 4.90 Å². The minimum absolute atomic E-state index is 0.300. The molecule has 0 bridgehead atoms. The van der Waals surface area contributed by atoms with Gasteiger partial charge in [0, 0.05) is 66.9 Å². The summed E-state index contributed by atoms with van der Waals surface area (Å²) in [6.07, 6.45) is 12.5. The predicted molar refractivity (Wildman–Crippen MR) is 258 cm³/mol. The third-order valence-corrected chi connectivity index (χ3v) is 13.2. The van der Waals surface area contributed by atoms with Crippen molar-refractivity contribution in [3.63, 3.8) is 0 Å². The van der Waals surface area contributed by atoms with Gasteiger partial charge in [-0.05, 0) is 96.7 Å². The van der Waals surface area contributed by atoms with Crippen molar-refractivity contribution in [2.45, 2.75) is 19.3 Å². The van der Waals surface area contributed by atoms with Crippen LogP contribution in [0.4, 0.5) is 5.69 Å². The first-order chi connectivity index (χ1) is 31.2. The first-order valence-corrected chi connectivity index (χ1v) is 21.9. The molecule has 0 radical (unpaired) electrons. The van der Waals surface area contributed by atoms with E-state index in [1.54, 1.807) is 0 Å². The van der Waals surface area contributed by atoms with Crippen molar-refractivity contribution in [3.8, 4) is 39.6 Å². The first-order valence-electron chi connectivity index (χ1n) is 21.9. The Hall–Kier alpha value is -8.02. The van der Waals surface area contributed by atoms with Gasteiger partial charge >= 0.3 is 0 Å². The maximum absolute atomic E-state index is 6.95. The van der Waals surface area contributed by atoms with Crippen LogP contribution in [0.25, 0.3) is 88.9 Å².